The van der Waals surface area contributed by atoms with E-state index in [9.17, 15) is 9.59 Å². The lowest BCUT2D eigenvalue weighted by Crippen LogP contribution is -2.26. The Balaban J connectivity index is 1.81. The molecule has 2 amide bonds. The predicted octanol–water partition coefficient (Wildman–Crippen LogP) is 1.26. The maximum absolute atomic E-state index is 11.7. The topological polar surface area (TPSA) is 93.5 Å². The first kappa shape index (κ1) is 11.3. The monoisotopic (exact) mass is 259 g/mol. The molecule has 0 fully saturated rings. The molecule has 1 aliphatic rings. The van der Waals surface area contributed by atoms with Crippen LogP contribution in [0.25, 0.3) is 0 Å². The maximum Gasteiger partial charge on any atom is 0.292 e. The van der Waals surface area contributed by atoms with Crippen LogP contribution in [0, 0.1) is 0 Å². The zero-order valence-electron chi connectivity index (χ0n) is 9.67. The lowest BCUT2D eigenvalue weighted by Gasteiger charge is -2.17. The van der Waals surface area contributed by atoms with Gasteiger partial charge in [0.2, 0.25) is 0 Å². The molecule has 19 heavy (non-hydrogen) atoms. The molecule has 0 unspecified atom stereocenters. The number of nitrogens with zero attached hydrogens (tertiary/aromatic N) is 1. The second-order valence-electron chi connectivity index (χ2n) is 3.81. The summed E-state index contributed by atoms with van der Waals surface area (Å²) < 4.78 is 10.1. The average molecular weight is 259 g/mol. The van der Waals surface area contributed by atoms with E-state index >= 15 is 0 Å². The lowest BCUT2D eigenvalue weighted by atomic mass is 10.3. The van der Waals surface area contributed by atoms with E-state index in [1.165, 1.54) is 6.26 Å². The highest BCUT2D eigenvalue weighted by Gasteiger charge is 2.18. The van der Waals surface area contributed by atoms with E-state index in [1.807, 2.05) is 0 Å². The van der Waals surface area contributed by atoms with Gasteiger partial charge in [-0.2, -0.15) is 0 Å². The number of nitrogens with one attached hydrogen (secondary N) is 2. The Hall–Kier alpha value is -2.83. The number of pyridine rings is 1. The molecule has 3 rings (SSSR count). The number of carbonyl (C=O) groups is 2. The zero-order chi connectivity index (χ0) is 13.2. The predicted molar refractivity (Wildman–Crippen MR) is 65.0 cm³/mol. The number of ether oxygens (including phenoxy) is 1. The highest BCUT2D eigenvalue weighted by molar-refractivity contribution is 6.02. The van der Waals surface area contributed by atoms with Crippen molar-refractivity contribution >= 4 is 23.5 Å². The Morgan fingerprint density at radius 1 is 1.37 bits per heavy atom. The van der Waals surface area contributed by atoms with Gasteiger partial charge in [-0.05, 0) is 24.3 Å². The van der Waals surface area contributed by atoms with Gasteiger partial charge in [0.25, 0.3) is 11.8 Å². The summed E-state index contributed by atoms with van der Waals surface area (Å²) in [5, 5.41) is 5.12. The van der Waals surface area contributed by atoms with Crippen LogP contribution >= 0.6 is 0 Å². The second kappa shape index (κ2) is 4.45. The molecule has 0 bridgehead atoms. The fourth-order valence-corrected chi connectivity index (χ4v) is 1.62. The number of carbonyl (C=O) groups excluding carboxylic acids is 2. The molecule has 0 atom stereocenters. The molecular weight excluding hydrogens is 250 g/mol. The quantitative estimate of drug-likeness (QED) is 0.846. The largest absolute Gasteiger partial charge is 0.480 e. The van der Waals surface area contributed by atoms with Crippen LogP contribution in [-0.2, 0) is 4.79 Å². The molecule has 3 heterocycles. The van der Waals surface area contributed by atoms with Gasteiger partial charge in [-0.3, -0.25) is 9.59 Å². The zero-order valence-corrected chi connectivity index (χ0v) is 9.67. The summed E-state index contributed by atoms with van der Waals surface area (Å²) in [6.07, 6.45) is 1.41. The molecule has 1 aliphatic heterocycles. The minimum atomic E-state index is -0.416. The number of hydrogen-bond donors (Lipinski definition) is 2. The van der Waals surface area contributed by atoms with Gasteiger partial charge in [0, 0.05) is 0 Å². The molecule has 2 N–H and O–H groups in total. The third-order valence-electron chi connectivity index (χ3n) is 2.46. The van der Waals surface area contributed by atoms with Gasteiger partial charge < -0.3 is 19.8 Å². The molecule has 0 saturated heterocycles. The maximum atomic E-state index is 11.7. The van der Waals surface area contributed by atoms with E-state index in [4.69, 9.17) is 9.15 Å². The van der Waals surface area contributed by atoms with Gasteiger partial charge in [0.1, 0.15) is 5.82 Å². The van der Waals surface area contributed by atoms with Crippen molar-refractivity contribution in [3.05, 3.63) is 36.3 Å². The van der Waals surface area contributed by atoms with Gasteiger partial charge in [0.05, 0.1) is 6.26 Å². The van der Waals surface area contributed by atoms with Crippen LogP contribution in [0.5, 0.6) is 5.75 Å². The van der Waals surface area contributed by atoms with E-state index in [2.05, 4.69) is 15.6 Å². The first-order valence-electron chi connectivity index (χ1n) is 5.51. The van der Waals surface area contributed by atoms with Crippen LogP contribution in [0.2, 0.25) is 0 Å². The van der Waals surface area contributed by atoms with Gasteiger partial charge >= 0.3 is 0 Å². The lowest BCUT2D eigenvalue weighted by molar-refractivity contribution is -0.118. The van der Waals surface area contributed by atoms with Gasteiger partial charge in [-0.15, -0.1) is 0 Å². The molecule has 0 spiro atoms. The summed E-state index contributed by atoms with van der Waals surface area (Å²) in [7, 11) is 0. The third kappa shape index (κ3) is 2.25. The van der Waals surface area contributed by atoms with Crippen LogP contribution in [0.15, 0.2) is 34.9 Å². The molecule has 0 radical (unpaired) electrons. The van der Waals surface area contributed by atoms with Gasteiger partial charge in [-0.25, -0.2) is 4.98 Å². The van der Waals surface area contributed by atoms with E-state index in [0.29, 0.717) is 11.6 Å². The average Bonchev–Trinajstić information content (AvgIpc) is 2.92. The molecular formula is C12H9N3O4. The standard InChI is InChI=1S/C12H9N3O4/c16-10-6-19-7-3-4-9(13-11(7)15-10)14-12(17)8-2-1-5-18-8/h1-5H,6H2,(H2,13,14,15,16,17). The summed E-state index contributed by atoms with van der Waals surface area (Å²) in [4.78, 5) is 27.0. The molecule has 7 heteroatoms. The Labute approximate surface area is 107 Å². The van der Waals surface area contributed by atoms with E-state index in [-0.39, 0.29) is 24.1 Å². The van der Waals surface area contributed by atoms with Crippen LogP contribution in [-0.4, -0.2) is 23.4 Å². The summed E-state index contributed by atoms with van der Waals surface area (Å²) in [6, 6.07) is 6.36. The minimum absolute atomic E-state index is 0.0349. The fourth-order valence-electron chi connectivity index (χ4n) is 1.62. The van der Waals surface area contributed by atoms with Crippen molar-refractivity contribution < 1.29 is 18.7 Å². The first-order chi connectivity index (χ1) is 9.22. The molecule has 0 aromatic carbocycles. The van der Waals surface area contributed by atoms with E-state index in [1.54, 1.807) is 24.3 Å². The summed E-state index contributed by atoms with van der Waals surface area (Å²) >= 11 is 0. The molecule has 7 nitrogen and oxygen atoms in total. The summed E-state index contributed by atoms with van der Waals surface area (Å²) in [6.45, 7) is -0.0349. The van der Waals surface area contributed by atoms with Crippen molar-refractivity contribution in [2.24, 2.45) is 0 Å². The van der Waals surface area contributed by atoms with Crippen molar-refractivity contribution in [1.29, 1.82) is 0 Å². The van der Waals surface area contributed by atoms with E-state index < -0.39 is 5.91 Å². The molecule has 0 saturated carbocycles. The van der Waals surface area contributed by atoms with Crippen LogP contribution < -0.4 is 15.4 Å². The Morgan fingerprint density at radius 3 is 3.05 bits per heavy atom. The summed E-state index contributed by atoms with van der Waals surface area (Å²) in [5.74, 6) is 0.532. The van der Waals surface area contributed by atoms with Crippen molar-refractivity contribution in [2.75, 3.05) is 17.2 Å². The van der Waals surface area contributed by atoms with E-state index in [0.717, 1.165) is 0 Å². The third-order valence-corrected chi connectivity index (χ3v) is 2.46. The van der Waals surface area contributed by atoms with Crippen molar-refractivity contribution in [3.8, 4) is 5.75 Å². The molecule has 96 valence electrons. The second-order valence-corrected chi connectivity index (χ2v) is 3.81. The van der Waals surface area contributed by atoms with Crippen LogP contribution in [0.3, 0.4) is 0 Å². The molecule has 2 aromatic rings. The van der Waals surface area contributed by atoms with Crippen molar-refractivity contribution in [3.63, 3.8) is 0 Å². The normalized spacial score (nSPS) is 13.2. The number of fused-ring (bicyclic) bond motifs is 1. The van der Waals surface area contributed by atoms with Crippen molar-refractivity contribution in [2.45, 2.75) is 0 Å². The number of furan rings is 1. The number of rotatable bonds is 2. The highest BCUT2D eigenvalue weighted by atomic mass is 16.5. The molecule has 2 aromatic heterocycles. The van der Waals surface area contributed by atoms with Crippen LogP contribution in [0.1, 0.15) is 10.6 Å². The Bertz CT molecular complexity index is 636. The smallest absolute Gasteiger partial charge is 0.292 e. The minimum Gasteiger partial charge on any atom is -0.480 e. The Kier molecular flexibility index (Phi) is 2.64. The van der Waals surface area contributed by atoms with Crippen LogP contribution in [0.4, 0.5) is 11.6 Å². The summed E-state index contributed by atoms with van der Waals surface area (Å²) in [5.41, 5.74) is 0. The SMILES string of the molecule is O=C1COc2ccc(NC(=O)c3ccco3)nc2N1. The molecule has 0 aliphatic carbocycles. The van der Waals surface area contributed by atoms with Gasteiger partial charge in [-0.1, -0.05) is 0 Å². The highest BCUT2D eigenvalue weighted by Crippen LogP contribution is 2.26. The first-order valence-corrected chi connectivity index (χ1v) is 5.51. The number of amides is 2. The number of anilines is 2. The fraction of sp³-hybridized carbons (Fsp3) is 0.0833. The Morgan fingerprint density at radius 2 is 2.26 bits per heavy atom. The van der Waals surface area contributed by atoms with Gasteiger partial charge in [0.15, 0.2) is 23.9 Å². The number of aromatic nitrogens is 1. The van der Waals surface area contributed by atoms with Crippen molar-refractivity contribution in [1.82, 2.24) is 4.98 Å². The number of hydrogen-bond acceptors (Lipinski definition) is 5.